The Morgan fingerprint density at radius 1 is 0.963 bits per heavy atom. The molecular formula is C22H26N4Si. The summed E-state index contributed by atoms with van der Waals surface area (Å²) in [6.45, 7) is 11.6. The zero-order valence-corrected chi connectivity index (χ0v) is 17.9. The van der Waals surface area contributed by atoms with Gasteiger partial charge in [0.25, 0.3) is 0 Å². The summed E-state index contributed by atoms with van der Waals surface area (Å²) in [6, 6.07) is 11.0. The molecule has 0 saturated carbocycles. The first kappa shape index (κ1) is 17.7. The lowest BCUT2D eigenvalue weighted by molar-refractivity contribution is 0.945. The van der Waals surface area contributed by atoms with Crippen molar-refractivity contribution >= 4 is 24.3 Å². The first-order chi connectivity index (χ1) is 12.8. The van der Waals surface area contributed by atoms with Gasteiger partial charge in [-0.25, -0.2) is 9.97 Å². The lowest BCUT2D eigenvalue weighted by Gasteiger charge is -2.22. The first-order valence-corrected chi connectivity index (χ1v) is 12.8. The van der Waals surface area contributed by atoms with Crippen LogP contribution in [0.4, 0.5) is 0 Å². The van der Waals surface area contributed by atoms with Crippen LogP contribution >= 0.6 is 0 Å². The third kappa shape index (κ3) is 2.92. The van der Waals surface area contributed by atoms with Gasteiger partial charge in [0.1, 0.15) is 5.82 Å². The van der Waals surface area contributed by atoms with E-state index in [4.69, 9.17) is 4.98 Å². The SMILES string of the molecule is Cc1cc([Si](C)(C)C)cc(C)c1-n1ccnc1-c1cccc2ncn(C)c12. The van der Waals surface area contributed by atoms with Crippen LogP contribution in [0.25, 0.3) is 28.1 Å². The van der Waals surface area contributed by atoms with E-state index in [0.717, 1.165) is 22.4 Å². The van der Waals surface area contributed by atoms with E-state index in [1.54, 1.807) is 0 Å². The second-order valence-corrected chi connectivity index (χ2v) is 13.4. The number of nitrogens with zero attached hydrogens (tertiary/aromatic N) is 4. The quantitative estimate of drug-likeness (QED) is 0.492. The number of hydrogen-bond donors (Lipinski definition) is 0. The monoisotopic (exact) mass is 374 g/mol. The molecule has 0 radical (unpaired) electrons. The predicted octanol–water partition coefficient (Wildman–Crippen LogP) is 4.59. The molecule has 4 rings (SSSR count). The summed E-state index contributed by atoms with van der Waals surface area (Å²) >= 11 is 0. The molecule has 4 nitrogen and oxygen atoms in total. The fraction of sp³-hybridized carbons (Fsp3) is 0.273. The minimum Gasteiger partial charge on any atom is -0.333 e. The average molecular weight is 375 g/mol. The topological polar surface area (TPSA) is 35.6 Å². The number of hydrogen-bond acceptors (Lipinski definition) is 2. The molecule has 0 amide bonds. The minimum absolute atomic E-state index is 0.955. The van der Waals surface area contributed by atoms with E-state index in [0.29, 0.717) is 0 Å². The van der Waals surface area contributed by atoms with Gasteiger partial charge < -0.3 is 4.57 Å². The van der Waals surface area contributed by atoms with Gasteiger partial charge in [0, 0.05) is 25.0 Å². The summed E-state index contributed by atoms with van der Waals surface area (Å²) in [5.41, 5.74) is 7.02. The Labute approximate surface area is 161 Å². The second-order valence-electron chi connectivity index (χ2n) is 8.36. The number of rotatable bonds is 3. The van der Waals surface area contributed by atoms with Gasteiger partial charge in [0.05, 0.1) is 31.1 Å². The maximum absolute atomic E-state index is 4.72. The van der Waals surface area contributed by atoms with Crippen LogP contribution < -0.4 is 5.19 Å². The minimum atomic E-state index is -1.35. The van der Waals surface area contributed by atoms with Gasteiger partial charge in [0.2, 0.25) is 0 Å². The van der Waals surface area contributed by atoms with E-state index in [-0.39, 0.29) is 0 Å². The molecule has 2 aromatic heterocycles. The molecule has 5 heteroatoms. The van der Waals surface area contributed by atoms with Crippen LogP contribution in [0.1, 0.15) is 11.1 Å². The van der Waals surface area contributed by atoms with Crippen LogP contribution in [-0.2, 0) is 7.05 Å². The third-order valence-corrected chi connectivity index (χ3v) is 7.24. The maximum Gasteiger partial charge on any atom is 0.146 e. The molecular weight excluding hydrogens is 348 g/mol. The molecule has 0 aliphatic rings. The maximum atomic E-state index is 4.72. The molecule has 2 aromatic carbocycles. The van der Waals surface area contributed by atoms with E-state index >= 15 is 0 Å². The summed E-state index contributed by atoms with van der Waals surface area (Å²) in [4.78, 5) is 9.21. The van der Waals surface area contributed by atoms with Crippen LogP contribution in [0.3, 0.4) is 0 Å². The number of benzene rings is 2. The number of aryl methyl sites for hydroxylation is 3. The molecule has 0 saturated heterocycles. The molecule has 27 heavy (non-hydrogen) atoms. The first-order valence-electron chi connectivity index (χ1n) is 9.33. The summed E-state index contributed by atoms with van der Waals surface area (Å²) in [6.07, 6.45) is 5.81. The Kier molecular flexibility index (Phi) is 4.07. The van der Waals surface area contributed by atoms with Crippen molar-refractivity contribution in [3.63, 3.8) is 0 Å². The number of aromatic nitrogens is 4. The smallest absolute Gasteiger partial charge is 0.146 e. The highest BCUT2D eigenvalue weighted by atomic mass is 28.3. The van der Waals surface area contributed by atoms with Crippen molar-refractivity contribution in [3.05, 3.63) is 60.2 Å². The number of fused-ring (bicyclic) bond motifs is 1. The van der Waals surface area contributed by atoms with Crippen molar-refractivity contribution in [2.45, 2.75) is 33.5 Å². The second kappa shape index (κ2) is 6.20. The van der Waals surface area contributed by atoms with Crippen LogP contribution in [0, 0.1) is 13.8 Å². The lowest BCUT2D eigenvalue weighted by Crippen LogP contribution is -2.38. The summed E-state index contributed by atoms with van der Waals surface area (Å²) in [5.74, 6) is 0.955. The standard InChI is InChI=1S/C22H26N4Si/c1-15-12-17(27(4,5)6)13-16(2)20(15)26-11-10-23-22(26)18-8-7-9-19-21(18)25(3)14-24-19/h7-14H,1-6H3. The zero-order chi connectivity index (χ0) is 19.3. The molecule has 4 aromatic rings. The van der Waals surface area contributed by atoms with Gasteiger partial charge in [0.15, 0.2) is 0 Å². The van der Waals surface area contributed by atoms with E-state index < -0.39 is 8.07 Å². The Balaban J connectivity index is 1.95. The largest absolute Gasteiger partial charge is 0.333 e. The summed E-state index contributed by atoms with van der Waals surface area (Å²) in [5, 5.41) is 1.50. The molecule has 0 bridgehead atoms. The molecule has 0 fully saturated rings. The van der Waals surface area contributed by atoms with E-state index in [9.17, 15) is 0 Å². The molecule has 0 spiro atoms. The van der Waals surface area contributed by atoms with Gasteiger partial charge in [-0.05, 0) is 37.1 Å². The predicted molar refractivity (Wildman–Crippen MR) is 116 cm³/mol. The number of para-hydroxylation sites is 1. The van der Waals surface area contributed by atoms with E-state index in [2.05, 4.69) is 78.1 Å². The fourth-order valence-corrected chi connectivity index (χ4v) is 5.14. The van der Waals surface area contributed by atoms with Gasteiger partial charge in [-0.1, -0.05) is 43.0 Å². The fourth-order valence-electron chi connectivity index (χ4n) is 3.85. The molecule has 0 aliphatic carbocycles. The molecule has 2 heterocycles. The summed E-state index contributed by atoms with van der Waals surface area (Å²) < 4.78 is 4.29. The van der Waals surface area contributed by atoms with Crippen LogP contribution in [-0.4, -0.2) is 27.2 Å². The van der Waals surface area contributed by atoms with Gasteiger partial charge >= 0.3 is 0 Å². The zero-order valence-electron chi connectivity index (χ0n) is 16.9. The van der Waals surface area contributed by atoms with Crippen molar-refractivity contribution in [1.29, 1.82) is 0 Å². The van der Waals surface area contributed by atoms with Crippen molar-refractivity contribution in [1.82, 2.24) is 19.1 Å². The van der Waals surface area contributed by atoms with Crippen molar-refractivity contribution in [3.8, 4) is 17.1 Å². The number of imidazole rings is 2. The van der Waals surface area contributed by atoms with Gasteiger partial charge in [-0.2, -0.15) is 0 Å². The van der Waals surface area contributed by atoms with Crippen molar-refractivity contribution < 1.29 is 0 Å². The third-order valence-electron chi connectivity index (χ3n) is 5.22. The average Bonchev–Trinajstić information content (AvgIpc) is 3.21. The Hall–Kier alpha value is -2.66. The van der Waals surface area contributed by atoms with E-state index in [1.165, 1.54) is 22.0 Å². The molecule has 0 N–H and O–H groups in total. The van der Waals surface area contributed by atoms with Crippen molar-refractivity contribution in [2.75, 3.05) is 0 Å². The highest BCUT2D eigenvalue weighted by Crippen LogP contribution is 2.30. The Morgan fingerprint density at radius 3 is 2.33 bits per heavy atom. The summed E-state index contributed by atoms with van der Waals surface area (Å²) in [7, 11) is 0.681. The van der Waals surface area contributed by atoms with Crippen LogP contribution in [0.15, 0.2) is 49.1 Å². The normalized spacial score (nSPS) is 12.1. The molecule has 138 valence electrons. The van der Waals surface area contributed by atoms with E-state index in [1.807, 2.05) is 25.6 Å². The molecule has 0 aliphatic heterocycles. The van der Waals surface area contributed by atoms with Crippen molar-refractivity contribution in [2.24, 2.45) is 7.05 Å². The Bertz CT molecular complexity index is 1120. The molecule has 0 unspecified atom stereocenters. The van der Waals surface area contributed by atoms with Crippen LogP contribution in [0.2, 0.25) is 19.6 Å². The van der Waals surface area contributed by atoms with Gasteiger partial charge in [-0.3, -0.25) is 4.57 Å². The highest BCUT2D eigenvalue weighted by molar-refractivity contribution is 6.88. The Morgan fingerprint density at radius 2 is 1.67 bits per heavy atom. The van der Waals surface area contributed by atoms with Gasteiger partial charge in [-0.15, -0.1) is 0 Å². The highest BCUT2D eigenvalue weighted by Gasteiger charge is 2.21. The van der Waals surface area contributed by atoms with Crippen LogP contribution in [0.5, 0.6) is 0 Å². The molecule has 0 atom stereocenters. The lowest BCUT2D eigenvalue weighted by atomic mass is 10.1.